The fourth-order valence-corrected chi connectivity index (χ4v) is 2.22. The molecular formula is C23H41ClINO2S. The van der Waals surface area contributed by atoms with E-state index in [-0.39, 0.29) is 6.04 Å². The quantitative estimate of drug-likeness (QED) is 0.150. The number of nitrogens with two attached hydrogens (primary N) is 1. The summed E-state index contributed by atoms with van der Waals surface area (Å²) in [6.45, 7) is 18.9. The summed E-state index contributed by atoms with van der Waals surface area (Å²) in [6.07, 6.45) is 5.94. The van der Waals surface area contributed by atoms with Crippen LogP contribution in [0.5, 0.6) is 0 Å². The number of hydrogen-bond acceptors (Lipinski definition) is 4. The van der Waals surface area contributed by atoms with Crippen molar-refractivity contribution in [3.63, 3.8) is 0 Å². The van der Waals surface area contributed by atoms with Crippen LogP contribution in [0.15, 0.2) is 48.6 Å². The van der Waals surface area contributed by atoms with Crippen molar-refractivity contribution in [2.45, 2.75) is 67.3 Å². The first-order valence-electron chi connectivity index (χ1n) is 10.0. The van der Waals surface area contributed by atoms with E-state index in [0.29, 0.717) is 13.1 Å². The van der Waals surface area contributed by atoms with Gasteiger partial charge in [0.1, 0.15) is 6.61 Å². The third-order valence-electron chi connectivity index (χ3n) is 3.04. The van der Waals surface area contributed by atoms with Gasteiger partial charge in [-0.05, 0) is 58.7 Å². The smallest absolute Gasteiger partial charge is 0.293 e. The lowest BCUT2D eigenvalue weighted by Gasteiger charge is -2.07. The molecule has 0 aromatic heterocycles. The molecule has 0 aliphatic carbocycles. The Labute approximate surface area is 201 Å². The molecular weight excluding hydrogens is 517 g/mol. The number of allylic oxidation sites excluding steroid dienone is 3. The molecule has 0 saturated heterocycles. The Kier molecular flexibility index (Phi) is 39.8. The van der Waals surface area contributed by atoms with Crippen LogP contribution < -0.4 is 5.73 Å². The molecule has 0 fully saturated rings. The summed E-state index contributed by atoms with van der Waals surface area (Å²) in [4.78, 5) is 9.45. The molecule has 1 unspecified atom stereocenters. The third kappa shape index (κ3) is 29.8. The van der Waals surface area contributed by atoms with Crippen LogP contribution in [0.2, 0.25) is 5.02 Å². The first kappa shape index (κ1) is 35.9. The van der Waals surface area contributed by atoms with E-state index in [0.717, 1.165) is 29.2 Å². The van der Waals surface area contributed by atoms with E-state index in [1.165, 1.54) is 5.57 Å². The highest BCUT2D eigenvalue weighted by Crippen LogP contribution is 2.16. The lowest BCUT2D eigenvalue weighted by atomic mass is 10.1. The largest absolute Gasteiger partial charge is 0.467 e. The zero-order valence-corrected chi connectivity index (χ0v) is 22.9. The molecule has 1 atom stereocenters. The van der Waals surface area contributed by atoms with Gasteiger partial charge in [0.15, 0.2) is 0 Å². The molecule has 1 aromatic carbocycles. The second kappa shape index (κ2) is 32.2. The minimum atomic E-state index is 0.146. The third-order valence-corrected chi connectivity index (χ3v) is 4.94. The maximum absolute atomic E-state index is 9.45. The van der Waals surface area contributed by atoms with Gasteiger partial charge in [-0.2, -0.15) is 0 Å². The molecule has 0 saturated carbocycles. The van der Waals surface area contributed by atoms with Crippen LogP contribution in [0.1, 0.15) is 72.9 Å². The molecule has 1 rings (SSSR count). The van der Waals surface area contributed by atoms with Gasteiger partial charge in [-0.15, -0.1) is 0 Å². The van der Waals surface area contributed by atoms with Crippen LogP contribution in [-0.4, -0.2) is 18.8 Å². The molecule has 0 radical (unpaired) electrons. The summed E-state index contributed by atoms with van der Waals surface area (Å²) in [7, 11) is 1.63. The minimum absolute atomic E-state index is 0.146. The van der Waals surface area contributed by atoms with Gasteiger partial charge >= 0.3 is 0 Å². The Bertz CT molecular complexity index is 482. The number of ether oxygens (including phenoxy) is 1. The lowest BCUT2D eigenvalue weighted by molar-refractivity contribution is -0.128. The number of rotatable bonds is 8. The van der Waals surface area contributed by atoms with Crippen LogP contribution in [0.4, 0.5) is 0 Å². The molecule has 29 heavy (non-hydrogen) atoms. The van der Waals surface area contributed by atoms with Crippen molar-refractivity contribution in [3.05, 3.63) is 59.2 Å². The predicted octanol–water partition coefficient (Wildman–Crippen LogP) is 8.57. The topological polar surface area (TPSA) is 52.3 Å². The van der Waals surface area contributed by atoms with Crippen molar-refractivity contribution in [2.75, 3.05) is 12.4 Å². The van der Waals surface area contributed by atoms with Crippen molar-refractivity contribution in [1.82, 2.24) is 0 Å². The van der Waals surface area contributed by atoms with E-state index in [2.05, 4.69) is 53.3 Å². The monoisotopic (exact) mass is 557 g/mol. The van der Waals surface area contributed by atoms with Gasteiger partial charge in [-0.3, -0.25) is 4.79 Å². The summed E-state index contributed by atoms with van der Waals surface area (Å²) in [5.41, 5.74) is 8.34. The number of benzene rings is 1. The average molecular weight is 558 g/mol. The van der Waals surface area contributed by atoms with Crippen molar-refractivity contribution < 1.29 is 9.53 Å². The van der Waals surface area contributed by atoms with Crippen LogP contribution in [0.3, 0.4) is 0 Å². The van der Waals surface area contributed by atoms with Gasteiger partial charge in [0.25, 0.3) is 6.47 Å². The highest BCUT2D eigenvalue weighted by atomic mass is 127. The first-order valence-corrected chi connectivity index (χ1v) is 13.9. The van der Waals surface area contributed by atoms with E-state index >= 15 is 0 Å². The molecule has 0 aliphatic rings. The van der Waals surface area contributed by atoms with Gasteiger partial charge in [-0.1, -0.05) is 98.5 Å². The second-order valence-electron chi connectivity index (χ2n) is 4.95. The Balaban J connectivity index is -0.000000154. The van der Waals surface area contributed by atoms with Crippen molar-refractivity contribution in [1.29, 1.82) is 0 Å². The Morgan fingerprint density at radius 1 is 1.24 bits per heavy atom. The first-order chi connectivity index (χ1) is 14.0. The summed E-state index contributed by atoms with van der Waals surface area (Å²) >= 11 is 7.87. The molecule has 0 bridgehead atoms. The Morgan fingerprint density at radius 2 is 1.76 bits per heavy atom. The molecule has 0 spiro atoms. The van der Waals surface area contributed by atoms with Crippen LogP contribution >= 0.6 is 41.7 Å². The molecule has 0 heterocycles. The maximum Gasteiger partial charge on any atom is 0.293 e. The number of carbonyl (C=O) groups excluding carboxylic acids is 1. The van der Waals surface area contributed by atoms with Crippen molar-refractivity contribution in [2.24, 2.45) is 5.73 Å². The number of hydrogen-bond donors (Lipinski definition) is 1. The second-order valence-corrected chi connectivity index (χ2v) is 7.88. The summed E-state index contributed by atoms with van der Waals surface area (Å²) in [5.74, 6) is 0.874. The van der Waals surface area contributed by atoms with Crippen LogP contribution in [0, 0.1) is 0 Å². The Hall–Kier alpha value is -0.500. The summed E-state index contributed by atoms with van der Waals surface area (Å²) in [6, 6.07) is 7.82. The van der Waals surface area contributed by atoms with Gasteiger partial charge < -0.3 is 10.5 Å². The highest BCUT2D eigenvalue weighted by molar-refractivity contribution is 14.2. The maximum atomic E-state index is 9.45. The fourth-order valence-electron chi connectivity index (χ4n) is 1.39. The summed E-state index contributed by atoms with van der Waals surface area (Å²) < 4.78 is 4.37. The van der Waals surface area contributed by atoms with Gasteiger partial charge in [-0.25, -0.2) is 0 Å². The fraction of sp³-hybridized carbons (Fsp3) is 0.522. The van der Waals surface area contributed by atoms with E-state index in [1.54, 1.807) is 8.93 Å². The van der Waals surface area contributed by atoms with Crippen molar-refractivity contribution >= 4 is 48.2 Å². The molecule has 170 valence electrons. The molecule has 0 aliphatic heterocycles. The minimum Gasteiger partial charge on any atom is -0.467 e. The molecule has 2 N–H and O–H groups in total. The SMILES string of the molecule is C=C/C=C(/C)CC.CC.CC.CCC(N)c1ccc(Cl)cc1.O=COCCSI. The van der Waals surface area contributed by atoms with E-state index in [4.69, 9.17) is 17.3 Å². The van der Waals surface area contributed by atoms with Gasteiger partial charge in [0, 0.05) is 16.8 Å². The van der Waals surface area contributed by atoms with Crippen LogP contribution in [-0.2, 0) is 9.53 Å². The zero-order valence-electron chi connectivity index (χ0n) is 19.2. The van der Waals surface area contributed by atoms with Crippen molar-refractivity contribution in [3.8, 4) is 0 Å². The number of halogens is 2. The predicted molar refractivity (Wildman–Crippen MR) is 144 cm³/mol. The van der Waals surface area contributed by atoms with Gasteiger partial charge in [0.2, 0.25) is 0 Å². The Morgan fingerprint density at radius 3 is 2.07 bits per heavy atom. The van der Waals surface area contributed by atoms with E-state index in [9.17, 15) is 4.79 Å². The standard InChI is InChI=1S/C9H12ClN.C7H12.C3H5IO2S.2C2H6/c1-2-9(11)7-3-5-8(10)6-4-7;1-4-6-7(3)5-2;4-7-2-1-6-3-5;2*1-2/h3-6,9H,2,11H2,1H3;4,6H,1,5H2,2-3H3;3H,1-2H2;2*1-2H3/b;7-6-;;;. The highest BCUT2D eigenvalue weighted by Gasteiger charge is 2.00. The van der Waals surface area contributed by atoms with E-state index in [1.807, 2.05) is 64.1 Å². The normalized spacial score (nSPS) is 10.1. The van der Waals surface area contributed by atoms with E-state index < -0.39 is 0 Å². The molecule has 3 nitrogen and oxygen atoms in total. The molecule has 0 amide bonds. The average Bonchev–Trinajstić information content (AvgIpc) is 2.78. The molecule has 6 heteroatoms. The summed E-state index contributed by atoms with van der Waals surface area (Å²) in [5, 5.41) is 0.761. The van der Waals surface area contributed by atoms with Gasteiger partial charge in [0.05, 0.1) is 0 Å². The molecule has 1 aromatic rings. The number of carbonyl (C=O) groups is 1. The van der Waals surface area contributed by atoms with Crippen LogP contribution in [0.25, 0.3) is 0 Å². The zero-order chi connectivity index (χ0) is 23.5. The lowest BCUT2D eigenvalue weighted by Crippen LogP contribution is -2.07.